The summed E-state index contributed by atoms with van der Waals surface area (Å²) >= 11 is 0. The molecular weight excluding hydrogens is 114 g/mol. The Balaban J connectivity index is 2.63. The van der Waals surface area contributed by atoms with Gasteiger partial charge in [-0.15, -0.1) is 5.11 Å². The Morgan fingerprint density at radius 1 is 1.44 bits per heavy atom. The molecule has 3 heteroatoms. The molecular formula is C6H5N3. The first-order valence-electron chi connectivity index (χ1n) is 2.78. The summed E-state index contributed by atoms with van der Waals surface area (Å²) in [7, 11) is 0. The maximum absolute atomic E-state index is 4.00. The molecule has 0 bridgehead atoms. The summed E-state index contributed by atoms with van der Waals surface area (Å²) in [5.74, 6) is 0.775. The zero-order valence-electron chi connectivity index (χ0n) is 4.78. The van der Waals surface area contributed by atoms with Crippen LogP contribution in [0.4, 0.5) is 5.82 Å². The Bertz CT molecular complexity index is 254. The maximum Gasteiger partial charge on any atom is 0.179 e. The zero-order chi connectivity index (χ0) is 6.10. The van der Waals surface area contributed by atoms with Crippen LogP contribution in [0.5, 0.6) is 0 Å². The van der Waals surface area contributed by atoms with Gasteiger partial charge >= 0.3 is 0 Å². The average Bonchev–Trinajstić information content (AvgIpc) is 2.33. The molecule has 0 aromatic carbocycles. The lowest BCUT2D eigenvalue weighted by Crippen LogP contribution is -1.76. The van der Waals surface area contributed by atoms with E-state index in [0.717, 1.165) is 11.4 Å². The van der Waals surface area contributed by atoms with Gasteiger partial charge in [0.25, 0.3) is 0 Å². The Hall–Kier alpha value is -1.25. The first-order valence-corrected chi connectivity index (χ1v) is 2.78. The standard InChI is InChI=1S/C6H5N3/c1-2-5-4-8-9-6(5)7-3-1/h1-3H,4H2. The van der Waals surface area contributed by atoms with Crippen molar-refractivity contribution in [2.75, 3.05) is 0 Å². The second kappa shape index (κ2) is 1.62. The largest absolute Gasteiger partial charge is 0.235 e. The molecule has 1 aliphatic heterocycles. The second-order valence-corrected chi connectivity index (χ2v) is 1.89. The fourth-order valence-corrected chi connectivity index (χ4v) is 0.822. The highest BCUT2D eigenvalue weighted by Gasteiger charge is 2.05. The van der Waals surface area contributed by atoms with Gasteiger partial charge in [0.1, 0.15) is 0 Å². The van der Waals surface area contributed by atoms with E-state index >= 15 is 0 Å². The molecule has 9 heavy (non-hydrogen) atoms. The molecule has 0 spiro atoms. The van der Waals surface area contributed by atoms with Gasteiger partial charge in [0.15, 0.2) is 5.82 Å². The Morgan fingerprint density at radius 3 is 3.33 bits per heavy atom. The van der Waals surface area contributed by atoms with Gasteiger partial charge in [0.05, 0.1) is 6.54 Å². The third kappa shape index (κ3) is 0.614. The number of aromatic nitrogens is 1. The smallest absolute Gasteiger partial charge is 0.179 e. The van der Waals surface area contributed by atoms with Gasteiger partial charge in [0, 0.05) is 11.8 Å². The highest BCUT2D eigenvalue weighted by Crippen LogP contribution is 2.21. The minimum Gasteiger partial charge on any atom is -0.235 e. The van der Waals surface area contributed by atoms with Crippen molar-refractivity contribution in [3.05, 3.63) is 23.9 Å². The van der Waals surface area contributed by atoms with Gasteiger partial charge in [-0.1, -0.05) is 6.07 Å². The van der Waals surface area contributed by atoms with E-state index in [0.29, 0.717) is 6.54 Å². The van der Waals surface area contributed by atoms with Gasteiger partial charge < -0.3 is 0 Å². The first kappa shape index (κ1) is 4.61. The molecule has 2 rings (SSSR count). The molecule has 0 unspecified atom stereocenters. The SMILES string of the molecule is c1cnc2c(c1)CN=N2. The third-order valence-electron chi connectivity index (χ3n) is 1.27. The number of fused-ring (bicyclic) bond motifs is 1. The molecule has 0 amide bonds. The second-order valence-electron chi connectivity index (χ2n) is 1.89. The lowest BCUT2D eigenvalue weighted by Gasteiger charge is -1.87. The van der Waals surface area contributed by atoms with Gasteiger partial charge in [-0.3, -0.25) is 0 Å². The molecule has 0 saturated heterocycles. The lowest BCUT2D eigenvalue weighted by atomic mass is 10.3. The first-order chi connectivity index (χ1) is 4.47. The van der Waals surface area contributed by atoms with Crippen LogP contribution in [0.25, 0.3) is 0 Å². The van der Waals surface area contributed by atoms with Crippen molar-refractivity contribution in [3.63, 3.8) is 0 Å². The van der Waals surface area contributed by atoms with Crippen molar-refractivity contribution >= 4 is 5.82 Å². The van der Waals surface area contributed by atoms with E-state index in [1.165, 1.54) is 0 Å². The van der Waals surface area contributed by atoms with Crippen LogP contribution in [0.1, 0.15) is 5.56 Å². The van der Waals surface area contributed by atoms with Crippen LogP contribution >= 0.6 is 0 Å². The number of pyridine rings is 1. The van der Waals surface area contributed by atoms with Gasteiger partial charge in [-0.05, 0) is 6.07 Å². The summed E-state index contributed by atoms with van der Waals surface area (Å²) in [6, 6.07) is 3.89. The average molecular weight is 119 g/mol. The molecule has 0 atom stereocenters. The van der Waals surface area contributed by atoms with Crippen molar-refractivity contribution in [1.82, 2.24) is 4.98 Å². The van der Waals surface area contributed by atoms with Crippen molar-refractivity contribution < 1.29 is 0 Å². The van der Waals surface area contributed by atoms with E-state index in [1.807, 2.05) is 12.1 Å². The molecule has 0 N–H and O–H groups in total. The monoisotopic (exact) mass is 119 g/mol. The van der Waals surface area contributed by atoms with Crippen LogP contribution in [0.3, 0.4) is 0 Å². The molecule has 0 radical (unpaired) electrons. The molecule has 0 saturated carbocycles. The van der Waals surface area contributed by atoms with E-state index in [-0.39, 0.29) is 0 Å². The van der Waals surface area contributed by atoms with Crippen LogP contribution in [-0.4, -0.2) is 4.98 Å². The lowest BCUT2D eigenvalue weighted by molar-refractivity contribution is 1.04. The quantitative estimate of drug-likeness (QED) is 0.512. The fourth-order valence-electron chi connectivity index (χ4n) is 0.822. The normalized spacial score (nSPS) is 13.8. The Morgan fingerprint density at radius 2 is 2.44 bits per heavy atom. The molecule has 3 nitrogen and oxygen atoms in total. The van der Waals surface area contributed by atoms with Crippen molar-refractivity contribution in [1.29, 1.82) is 0 Å². The number of azo groups is 1. The van der Waals surface area contributed by atoms with E-state index in [9.17, 15) is 0 Å². The van der Waals surface area contributed by atoms with Gasteiger partial charge in [0.2, 0.25) is 0 Å². The molecule has 1 aromatic rings. The molecule has 2 heterocycles. The third-order valence-corrected chi connectivity index (χ3v) is 1.27. The Kier molecular flexibility index (Phi) is 0.828. The van der Waals surface area contributed by atoms with E-state index in [1.54, 1.807) is 6.20 Å². The van der Waals surface area contributed by atoms with E-state index in [4.69, 9.17) is 0 Å². The summed E-state index contributed by atoms with van der Waals surface area (Å²) < 4.78 is 0. The molecule has 0 fully saturated rings. The predicted molar refractivity (Wildman–Crippen MR) is 32.5 cm³/mol. The zero-order valence-corrected chi connectivity index (χ0v) is 4.78. The van der Waals surface area contributed by atoms with E-state index in [2.05, 4.69) is 15.2 Å². The minimum absolute atomic E-state index is 0.698. The van der Waals surface area contributed by atoms with E-state index < -0.39 is 0 Å². The highest BCUT2D eigenvalue weighted by molar-refractivity contribution is 5.39. The summed E-state index contributed by atoms with van der Waals surface area (Å²) in [5, 5.41) is 7.63. The number of rotatable bonds is 0. The summed E-state index contributed by atoms with van der Waals surface area (Å²) in [6.45, 7) is 0.698. The van der Waals surface area contributed by atoms with Crippen molar-refractivity contribution in [2.45, 2.75) is 6.54 Å². The highest BCUT2D eigenvalue weighted by atomic mass is 15.2. The minimum atomic E-state index is 0.698. The number of hydrogen-bond acceptors (Lipinski definition) is 3. The van der Waals surface area contributed by atoms with Crippen molar-refractivity contribution in [2.24, 2.45) is 10.2 Å². The van der Waals surface area contributed by atoms with Crippen LogP contribution < -0.4 is 0 Å². The molecule has 44 valence electrons. The van der Waals surface area contributed by atoms with Crippen LogP contribution in [-0.2, 0) is 6.54 Å². The predicted octanol–water partition coefficient (Wildman–Crippen LogP) is 1.68. The summed E-state index contributed by atoms with van der Waals surface area (Å²) in [5.41, 5.74) is 1.12. The summed E-state index contributed by atoms with van der Waals surface area (Å²) in [6.07, 6.45) is 1.73. The fraction of sp³-hybridized carbons (Fsp3) is 0.167. The van der Waals surface area contributed by atoms with Gasteiger partial charge in [-0.2, -0.15) is 5.11 Å². The molecule has 0 aliphatic carbocycles. The van der Waals surface area contributed by atoms with Gasteiger partial charge in [-0.25, -0.2) is 4.98 Å². The molecule has 1 aliphatic rings. The maximum atomic E-state index is 4.00. The van der Waals surface area contributed by atoms with Crippen LogP contribution in [0.15, 0.2) is 28.6 Å². The molecule has 1 aromatic heterocycles. The van der Waals surface area contributed by atoms with Crippen LogP contribution in [0.2, 0.25) is 0 Å². The summed E-state index contributed by atoms with van der Waals surface area (Å²) in [4.78, 5) is 4.00. The number of hydrogen-bond donors (Lipinski definition) is 0. The Labute approximate surface area is 52.5 Å². The number of nitrogens with zero attached hydrogens (tertiary/aromatic N) is 3. The van der Waals surface area contributed by atoms with Crippen molar-refractivity contribution in [3.8, 4) is 0 Å². The van der Waals surface area contributed by atoms with Crippen LogP contribution in [0, 0.1) is 0 Å². The topological polar surface area (TPSA) is 37.6 Å².